The van der Waals surface area contributed by atoms with Gasteiger partial charge in [0, 0.05) is 12.2 Å². The highest BCUT2D eigenvalue weighted by Crippen LogP contribution is 2.07. The van der Waals surface area contributed by atoms with E-state index in [0.29, 0.717) is 12.4 Å². The van der Waals surface area contributed by atoms with Gasteiger partial charge >= 0.3 is 21.1 Å². The quantitative estimate of drug-likeness (QED) is 0.294. The molecule has 0 saturated heterocycles. The van der Waals surface area contributed by atoms with Crippen LogP contribution in [0.2, 0.25) is 0 Å². The highest BCUT2D eigenvalue weighted by atomic mass is 27.3. The molecule has 0 aliphatic heterocycles. The van der Waals surface area contributed by atoms with Gasteiger partial charge in [-0.05, 0) is 41.5 Å². The largest absolute Gasteiger partial charge is 1.00 e. The summed E-state index contributed by atoms with van der Waals surface area (Å²) in [7, 11) is 0. The standard InChI is InChI=1S/C6H10O3.2C3H7O.Al/c1-3-9-6(8)4-5(2)7;2*1-3(2)4;/h4,7H,3H2,1-2H3;2*3H,1-2H3;/q;2*-1;+3/p-1/b5-4+;;;. The van der Waals surface area contributed by atoms with E-state index in [2.05, 4.69) is 0 Å². The molecule has 0 atom stereocenters. The van der Waals surface area contributed by atoms with Gasteiger partial charge in [0.2, 0.25) is 0 Å². The molecule has 5 nitrogen and oxygen atoms in total. The number of ether oxygens (including phenoxy) is 1. The third-order valence-corrected chi connectivity index (χ3v) is 3.75. The van der Waals surface area contributed by atoms with Crippen molar-refractivity contribution in [2.24, 2.45) is 0 Å². The molecule has 104 valence electrons. The number of hydrogen-bond donors (Lipinski definition) is 0. The fourth-order valence-electron chi connectivity index (χ4n) is 1.07. The number of carbonyl (C=O) groups is 1. The minimum atomic E-state index is -2.26. The van der Waals surface area contributed by atoms with E-state index in [4.69, 9.17) is 16.1 Å². The highest BCUT2D eigenvalue weighted by Gasteiger charge is 2.37. The summed E-state index contributed by atoms with van der Waals surface area (Å²) in [6.07, 6.45) is 1.35. The predicted molar refractivity (Wildman–Crippen MR) is 69.7 cm³/mol. The van der Waals surface area contributed by atoms with Crippen LogP contribution >= 0.6 is 0 Å². The average molecular weight is 274 g/mol. The molecule has 18 heavy (non-hydrogen) atoms. The van der Waals surface area contributed by atoms with Crippen LogP contribution in [0.5, 0.6) is 0 Å². The lowest BCUT2D eigenvalue weighted by molar-refractivity contribution is -0.137. The Labute approximate surface area is 114 Å². The summed E-state index contributed by atoms with van der Waals surface area (Å²) in [5, 5.41) is 0. The molecule has 0 aliphatic carbocycles. The Morgan fingerprint density at radius 3 is 2.06 bits per heavy atom. The monoisotopic (exact) mass is 274 g/mol. The van der Waals surface area contributed by atoms with Gasteiger partial charge in [0.05, 0.1) is 18.4 Å². The van der Waals surface area contributed by atoms with E-state index >= 15 is 0 Å². The van der Waals surface area contributed by atoms with E-state index in [-0.39, 0.29) is 12.2 Å². The molecule has 0 aromatic carbocycles. The molecule has 6 heteroatoms. The van der Waals surface area contributed by atoms with Crippen LogP contribution in [0.3, 0.4) is 0 Å². The first-order valence-electron chi connectivity index (χ1n) is 6.17. The molecule has 0 saturated carbocycles. The molecular formula is C12H23AlO5. The molecule has 0 fully saturated rings. The van der Waals surface area contributed by atoms with Crippen molar-refractivity contribution in [1.29, 1.82) is 0 Å². The summed E-state index contributed by atoms with van der Waals surface area (Å²) in [6.45, 7) is 11.4. The second-order valence-corrected chi connectivity index (χ2v) is 5.64. The first-order valence-corrected chi connectivity index (χ1v) is 7.59. The summed E-state index contributed by atoms with van der Waals surface area (Å²) >= 11 is -2.26. The van der Waals surface area contributed by atoms with Gasteiger partial charge in [0.1, 0.15) is 0 Å². The van der Waals surface area contributed by atoms with Crippen LogP contribution in [-0.2, 0) is 20.9 Å². The van der Waals surface area contributed by atoms with Crippen molar-refractivity contribution in [2.45, 2.75) is 53.8 Å². The van der Waals surface area contributed by atoms with E-state index in [1.807, 2.05) is 27.7 Å². The maximum absolute atomic E-state index is 11.2. The van der Waals surface area contributed by atoms with E-state index < -0.39 is 21.1 Å². The number of esters is 1. The molecule has 0 amide bonds. The van der Waals surface area contributed by atoms with Crippen molar-refractivity contribution in [2.75, 3.05) is 6.61 Å². The van der Waals surface area contributed by atoms with E-state index in [0.717, 1.165) is 0 Å². The maximum atomic E-state index is 11.2. The topological polar surface area (TPSA) is 54.0 Å². The Bertz CT molecular complexity index is 266. The van der Waals surface area contributed by atoms with Crippen LogP contribution in [0.15, 0.2) is 11.8 Å². The zero-order valence-electron chi connectivity index (χ0n) is 12.1. The Morgan fingerprint density at radius 1 is 1.17 bits per heavy atom. The van der Waals surface area contributed by atoms with Gasteiger partial charge in [-0.1, -0.05) is 0 Å². The molecular weight excluding hydrogens is 251 g/mol. The number of rotatable bonds is 8. The average Bonchev–Trinajstić information content (AvgIpc) is 2.14. The van der Waals surface area contributed by atoms with Crippen molar-refractivity contribution >= 4 is 21.1 Å². The third kappa shape index (κ3) is 9.49. The molecule has 0 radical (unpaired) electrons. The summed E-state index contributed by atoms with van der Waals surface area (Å²) in [5.41, 5.74) is 0. The van der Waals surface area contributed by atoms with Gasteiger partial charge in [0.25, 0.3) is 0 Å². The SMILES string of the molecule is CCOC(=O)/C=C(\C)[O][Al]([O]C(C)C)[O]C(C)C. The van der Waals surface area contributed by atoms with Crippen LogP contribution in [0.4, 0.5) is 0 Å². The molecule has 0 heterocycles. The summed E-state index contributed by atoms with van der Waals surface area (Å²) in [6, 6.07) is 0. The lowest BCUT2D eigenvalue weighted by Crippen LogP contribution is -2.32. The predicted octanol–water partition coefficient (Wildman–Crippen LogP) is 2.30. The van der Waals surface area contributed by atoms with Gasteiger partial charge in [-0.2, -0.15) is 0 Å². The number of allylic oxidation sites excluding steroid dienone is 1. The lowest BCUT2D eigenvalue weighted by Gasteiger charge is -2.18. The van der Waals surface area contributed by atoms with Crippen LogP contribution in [0.25, 0.3) is 0 Å². The Kier molecular flexibility index (Phi) is 9.12. The highest BCUT2D eigenvalue weighted by molar-refractivity contribution is 6.36. The smallest absolute Gasteiger partial charge is 0.602 e. The number of hydrogen-bond acceptors (Lipinski definition) is 5. The molecule has 0 rings (SSSR count). The van der Waals surface area contributed by atoms with E-state index in [9.17, 15) is 4.79 Å². The van der Waals surface area contributed by atoms with Crippen LogP contribution < -0.4 is 0 Å². The summed E-state index contributed by atoms with van der Waals surface area (Å²) in [4.78, 5) is 11.2. The fraction of sp³-hybridized carbons (Fsp3) is 0.750. The van der Waals surface area contributed by atoms with Crippen molar-refractivity contribution < 1.29 is 20.9 Å². The Morgan fingerprint density at radius 2 is 1.67 bits per heavy atom. The molecule has 0 unspecified atom stereocenters. The Balaban J connectivity index is 4.41. The van der Waals surface area contributed by atoms with Gasteiger partial charge in [-0.25, -0.2) is 4.79 Å². The molecule has 0 aliphatic rings. The van der Waals surface area contributed by atoms with Gasteiger partial charge in [-0.3, -0.25) is 0 Å². The zero-order chi connectivity index (χ0) is 14.1. The van der Waals surface area contributed by atoms with Crippen molar-refractivity contribution in [3.05, 3.63) is 11.8 Å². The summed E-state index contributed by atoms with van der Waals surface area (Å²) in [5.74, 6) is 0.0308. The first kappa shape index (κ1) is 17.5. The van der Waals surface area contributed by atoms with Crippen molar-refractivity contribution in [3.8, 4) is 0 Å². The van der Waals surface area contributed by atoms with Crippen molar-refractivity contribution in [3.63, 3.8) is 0 Å². The maximum Gasteiger partial charge on any atom is 1.00 e. The fourth-order valence-corrected chi connectivity index (χ4v) is 2.50. The molecule has 0 bridgehead atoms. The van der Waals surface area contributed by atoms with Gasteiger partial charge in [-0.15, -0.1) is 0 Å². The van der Waals surface area contributed by atoms with E-state index in [1.165, 1.54) is 6.08 Å². The molecule has 0 N–H and O–H groups in total. The van der Waals surface area contributed by atoms with Gasteiger partial charge < -0.3 is 16.1 Å². The minimum absolute atomic E-state index is 0.0239. The molecule has 0 aromatic rings. The minimum Gasteiger partial charge on any atom is -0.602 e. The van der Waals surface area contributed by atoms with Crippen LogP contribution in [0, 0.1) is 0 Å². The van der Waals surface area contributed by atoms with Crippen LogP contribution in [-0.4, -0.2) is 39.9 Å². The zero-order valence-corrected chi connectivity index (χ0v) is 13.2. The second-order valence-electron chi connectivity index (χ2n) is 4.28. The van der Waals surface area contributed by atoms with E-state index in [1.54, 1.807) is 13.8 Å². The third-order valence-electron chi connectivity index (χ3n) is 1.66. The van der Waals surface area contributed by atoms with Gasteiger partial charge in [0.15, 0.2) is 0 Å². The Hall–Kier alpha value is -0.538. The lowest BCUT2D eigenvalue weighted by atomic mass is 10.5. The normalized spacial score (nSPS) is 11.9. The van der Waals surface area contributed by atoms with Crippen molar-refractivity contribution in [1.82, 2.24) is 0 Å². The number of carbonyl (C=O) groups excluding carboxylic acids is 1. The molecule has 0 aromatic heterocycles. The van der Waals surface area contributed by atoms with Crippen LogP contribution in [0.1, 0.15) is 41.5 Å². The summed E-state index contributed by atoms with van der Waals surface area (Å²) < 4.78 is 21.5. The molecule has 0 spiro atoms. The first-order chi connectivity index (χ1) is 8.35. The second kappa shape index (κ2) is 9.40.